The van der Waals surface area contributed by atoms with Crippen molar-refractivity contribution in [2.75, 3.05) is 23.3 Å². The van der Waals surface area contributed by atoms with Crippen molar-refractivity contribution in [2.45, 2.75) is 12.8 Å². The molecule has 1 aliphatic heterocycles. The molecule has 7 heteroatoms. The minimum Gasteiger partial charge on any atom is -0.356 e. The fraction of sp³-hybridized carbons (Fsp3) is 0.250. The van der Waals surface area contributed by atoms with Crippen LogP contribution in [-0.2, 0) is 4.79 Å². The number of aromatic nitrogens is 2. The molecule has 1 saturated heterocycles. The average Bonchev–Trinajstić information content (AvgIpc) is 2.70. The molecule has 1 aliphatic rings. The number of para-hydroxylation sites is 1. The predicted molar refractivity (Wildman–Crippen MR) is 112 cm³/mol. The Kier molecular flexibility index (Phi) is 5.20. The number of benzene rings is 2. The number of hydrogen-bond donors (Lipinski definition) is 1. The molecule has 4 rings (SSSR count). The summed E-state index contributed by atoms with van der Waals surface area (Å²) in [5.41, 5.74) is 1.15. The Labute approximate surface area is 170 Å². The van der Waals surface area contributed by atoms with Crippen LogP contribution in [0.15, 0.2) is 48.8 Å². The van der Waals surface area contributed by atoms with E-state index in [0.29, 0.717) is 12.8 Å². The summed E-state index contributed by atoms with van der Waals surface area (Å²) >= 11 is 2.04. The normalized spacial score (nSPS) is 15.1. The van der Waals surface area contributed by atoms with Gasteiger partial charge in [-0.25, -0.2) is 14.4 Å². The molecule has 0 radical (unpaired) electrons. The maximum absolute atomic E-state index is 14.0. The van der Waals surface area contributed by atoms with Gasteiger partial charge < -0.3 is 10.2 Å². The van der Waals surface area contributed by atoms with E-state index in [0.717, 1.165) is 33.4 Å². The van der Waals surface area contributed by atoms with Crippen LogP contribution in [0.1, 0.15) is 12.8 Å². The van der Waals surface area contributed by atoms with Crippen LogP contribution in [0.5, 0.6) is 0 Å². The van der Waals surface area contributed by atoms with Gasteiger partial charge >= 0.3 is 0 Å². The molecule has 1 amide bonds. The predicted octanol–water partition coefficient (Wildman–Crippen LogP) is 4.23. The van der Waals surface area contributed by atoms with Crippen LogP contribution in [0.3, 0.4) is 0 Å². The van der Waals surface area contributed by atoms with Crippen LogP contribution in [-0.4, -0.2) is 29.0 Å². The minimum absolute atomic E-state index is 0.123. The number of piperidine rings is 1. The molecule has 1 fully saturated rings. The third kappa shape index (κ3) is 3.87. The molecule has 0 bridgehead atoms. The second-order valence-electron chi connectivity index (χ2n) is 6.59. The minimum atomic E-state index is -0.403. The van der Waals surface area contributed by atoms with Gasteiger partial charge in [0.15, 0.2) is 0 Å². The Morgan fingerprint density at radius 3 is 2.70 bits per heavy atom. The second kappa shape index (κ2) is 7.75. The van der Waals surface area contributed by atoms with Crippen molar-refractivity contribution >= 4 is 50.9 Å². The van der Waals surface area contributed by atoms with E-state index in [1.165, 1.54) is 6.07 Å². The van der Waals surface area contributed by atoms with Crippen LogP contribution < -0.4 is 10.2 Å². The molecule has 0 atom stereocenters. The summed E-state index contributed by atoms with van der Waals surface area (Å²) in [6.07, 6.45) is 2.99. The van der Waals surface area contributed by atoms with Crippen molar-refractivity contribution in [2.24, 2.45) is 5.92 Å². The van der Waals surface area contributed by atoms with Gasteiger partial charge in [0.1, 0.15) is 18.0 Å². The number of fused-ring (bicyclic) bond motifs is 1. The number of anilines is 2. The number of carbonyl (C=O) groups is 1. The van der Waals surface area contributed by atoms with Gasteiger partial charge in [-0.1, -0.05) is 12.1 Å². The Morgan fingerprint density at radius 1 is 1.15 bits per heavy atom. The Morgan fingerprint density at radius 2 is 1.93 bits per heavy atom. The molecule has 5 nitrogen and oxygen atoms in total. The Bertz CT molecular complexity index is 983. The van der Waals surface area contributed by atoms with Gasteiger partial charge in [-0.05, 0) is 65.8 Å². The summed E-state index contributed by atoms with van der Waals surface area (Å²) in [5.74, 6) is 0.249. The Balaban J connectivity index is 1.43. The lowest BCUT2D eigenvalue weighted by molar-refractivity contribution is -0.120. The third-order valence-electron chi connectivity index (χ3n) is 4.88. The van der Waals surface area contributed by atoms with E-state index < -0.39 is 5.82 Å². The summed E-state index contributed by atoms with van der Waals surface area (Å²) in [4.78, 5) is 23.5. The number of amides is 1. The van der Waals surface area contributed by atoms with Crippen LogP contribution in [0.4, 0.5) is 15.9 Å². The van der Waals surface area contributed by atoms with Gasteiger partial charge in [-0.15, -0.1) is 0 Å². The average molecular weight is 476 g/mol. The van der Waals surface area contributed by atoms with Gasteiger partial charge in [0.05, 0.1) is 11.2 Å². The maximum atomic E-state index is 14.0. The summed E-state index contributed by atoms with van der Waals surface area (Å²) < 4.78 is 14.8. The van der Waals surface area contributed by atoms with Gasteiger partial charge in [0, 0.05) is 28.0 Å². The quantitative estimate of drug-likeness (QED) is 0.576. The number of hydrogen-bond acceptors (Lipinski definition) is 4. The highest BCUT2D eigenvalue weighted by Crippen LogP contribution is 2.28. The number of nitrogens with one attached hydrogen (secondary N) is 1. The number of halogens is 2. The lowest BCUT2D eigenvalue weighted by atomic mass is 9.95. The van der Waals surface area contributed by atoms with Crippen molar-refractivity contribution in [3.05, 3.63) is 58.2 Å². The summed E-state index contributed by atoms with van der Waals surface area (Å²) in [6, 6.07) is 12.7. The summed E-state index contributed by atoms with van der Waals surface area (Å²) in [6.45, 7) is 1.46. The molecule has 0 saturated carbocycles. The van der Waals surface area contributed by atoms with E-state index in [4.69, 9.17) is 0 Å². The van der Waals surface area contributed by atoms with Crippen molar-refractivity contribution in [1.29, 1.82) is 0 Å². The number of nitrogens with zero attached hydrogens (tertiary/aromatic N) is 3. The van der Waals surface area contributed by atoms with Crippen LogP contribution in [0.2, 0.25) is 0 Å². The smallest absolute Gasteiger partial charge is 0.227 e. The first kappa shape index (κ1) is 18.1. The highest BCUT2D eigenvalue weighted by molar-refractivity contribution is 14.1. The van der Waals surface area contributed by atoms with E-state index >= 15 is 0 Å². The fourth-order valence-electron chi connectivity index (χ4n) is 3.42. The van der Waals surface area contributed by atoms with E-state index in [-0.39, 0.29) is 17.5 Å². The number of carbonyl (C=O) groups excluding carboxylic acids is 1. The zero-order valence-electron chi connectivity index (χ0n) is 14.5. The monoisotopic (exact) mass is 476 g/mol. The lowest BCUT2D eigenvalue weighted by Crippen LogP contribution is -2.38. The molecule has 2 aromatic carbocycles. The van der Waals surface area contributed by atoms with E-state index in [9.17, 15) is 9.18 Å². The molecule has 0 unspecified atom stereocenters. The SMILES string of the molecule is O=C(Nc1ccc(I)cc1F)C1CCN(c2ncnc3ccccc23)CC1. The molecular weight excluding hydrogens is 458 g/mol. The van der Waals surface area contributed by atoms with Gasteiger partial charge in [-0.2, -0.15) is 0 Å². The topological polar surface area (TPSA) is 58.1 Å². The molecular formula is C20H18FIN4O. The van der Waals surface area contributed by atoms with Crippen LogP contribution >= 0.6 is 22.6 Å². The second-order valence-corrected chi connectivity index (χ2v) is 7.83. The zero-order chi connectivity index (χ0) is 18.8. The third-order valence-corrected chi connectivity index (χ3v) is 5.55. The van der Waals surface area contributed by atoms with E-state index in [2.05, 4.69) is 20.2 Å². The van der Waals surface area contributed by atoms with Gasteiger partial charge in [0.25, 0.3) is 0 Å². The van der Waals surface area contributed by atoms with E-state index in [1.54, 1.807) is 18.5 Å². The van der Waals surface area contributed by atoms with E-state index in [1.807, 2.05) is 46.9 Å². The standard InChI is InChI=1S/C20H18FIN4O/c21-16-11-14(22)5-6-18(16)25-20(27)13-7-9-26(10-8-13)19-15-3-1-2-4-17(15)23-12-24-19/h1-6,11-13H,7-10H2,(H,25,27). The van der Waals surface area contributed by atoms with Crippen LogP contribution in [0.25, 0.3) is 10.9 Å². The Hall–Kier alpha value is -2.29. The van der Waals surface area contributed by atoms with Crippen LogP contribution in [0, 0.1) is 15.3 Å². The molecule has 0 aliphatic carbocycles. The molecule has 1 N–H and O–H groups in total. The van der Waals surface area contributed by atoms with Crippen molar-refractivity contribution < 1.29 is 9.18 Å². The summed E-state index contributed by atoms with van der Waals surface area (Å²) in [5, 5.41) is 3.75. The fourth-order valence-corrected chi connectivity index (χ4v) is 3.87. The van der Waals surface area contributed by atoms with Crippen molar-refractivity contribution in [3.63, 3.8) is 0 Å². The largest absolute Gasteiger partial charge is 0.356 e. The molecule has 2 heterocycles. The first-order chi connectivity index (χ1) is 13.1. The van der Waals surface area contributed by atoms with Gasteiger partial charge in [0.2, 0.25) is 5.91 Å². The molecule has 1 aromatic heterocycles. The first-order valence-corrected chi connectivity index (χ1v) is 9.90. The van der Waals surface area contributed by atoms with Gasteiger partial charge in [-0.3, -0.25) is 4.79 Å². The molecule has 0 spiro atoms. The highest BCUT2D eigenvalue weighted by Gasteiger charge is 2.27. The molecule has 3 aromatic rings. The maximum Gasteiger partial charge on any atom is 0.227 e. The lowest BCUT2D eigenvalue weighted by Gasteiger charge is -2.32. The summed E-state index contributed by atoms with van der Waals surface area (Å²) in [7, 11) is 0. The first-order valence-electron chi connectivity index (χ1n) is 8.82. The van der Waals surface area contributed by atoms with Crippen molar-refractivity contribution in [3.8, 4) is 0 Å². The number of rotatable bonds is 3. The zero-order valence-corrected chi connectivity index (χ0v) is 16.7. The van der Waals surface area contributed by atoms with Crippen molar-refractivity contribution in [1.82, 2.24) is 9.97 Å². The molecule has 138 valence electrons. The molecule has 27 heavy (non-hydrogen) atoms. The highest BCUT2D eigenvalue weighted by atomic mass is 127.